The predicted octanol–water partition coefficient (Wildman–Crippen LogP) is 4.16. The molecule has 0 aliphatic carbocycles. The highest BCUT2D eigenvalue weighted by Gasteiger charge is 2.29. The highest BCUT2D eigenvalue weighted by atomic mass is 19.4. The van der Waals surface area contributed by atoms with Crippen molar-refractivity contribution in [2.45, 2.75) is 45.4 Å². The Morgan fingerprint density at radius 3 is 2.19 bits per heavy atom. The maximum atomic E-state index is 12.4. The second kappa shape index (κ2) is 6.83. The standard InChI is InChI=1S/C15H20F3NO2/c1-14(2,3)21-13(20)19-10-4-5-11-6-8-12(9-7-11)15(16,17)18/h6-9H,4-5,10H2,1-3H3,(H,19,20). The first-order valence-electron chi connectivity index (χ1n) is 6.71. The molecule has 1 rings (SSSR count). The number of halogens is 3. The summed E-state index contributed by atoms with van der Waals surface area (Å²) in [5, 5.41) is 2.60. The van der Waals surface area contributed by atoms with Crippen LogP contribution in [0.4, 0.5) is 18.0 Å². The van der Waals surface area contributed by atoms with Crippen LogP contribution < -0.4 is 5.32 Å². The fraction of sp³-hybridized carbons (Fsp3) is 0.533. The topological polar surface area (TPSA) is 38.3 Å². The van der Waals surface area contributed by atoms with E-state index in [1.165, 1.54) is 12.1 Å². The van der Waals surface area contributed by atoms with Crippen molar-refractivity contribution in [3.8, 4) is 0 Å². The average Bonchev–Trinajstić information content (AvgIpc) is 2.32. The fourth-order valence-electron chi connectivity index (χ4n) is 1.66. The van der Waals surface area contributed by atoms with E-state index in [4.69, 9.17) is 4.74 Å². The minimum Gasteiger partial charge on any atom is -0.444 e. The maximum Gasteiger partial charge on any atom is 0.416 e. The van der Waals surface area contributed by atoms with Gasteiger partial charge in [0.25, 0.3) is 0 Å². The van der Waals surface area contributed by atoms with Crippen LogP contribution in [0.3, 0.4) is 0 Å². The molecule has 1 aromatic carbocycles. The number of rotatable bonds is 4. The number of hydrogen-bond donors (Lipinski definition) is 1. The molecule has 0 fully saturated rings. The van der Waals surface area contributed by atoms with Gasteiger partial charge in [-0.25, -0.2) is 4.79 Å². The molecule has 21 heavy (non-hydrogen) atoms. The van der Waals surface area contributed by atoms with Gasteiger partial charge in [-0.15, -0.1) is 0 Å². The van der Waals surface area contributed by atoms with Crippen molar-refractivity contribution in [3.05, 3.63) is 35.4 Å². The first-order valence-corrected chi connectivity index (χ1v) is 6.71. The molecule has 1 aromatic rings. The molecule has 0 spiro atoms. The lowest BCUT2D eigenvalue weighted by Crippen LogP contribution is -2.33. The summed E-state index contributed by atoms with van der Waals surface area (Å²) in [7, 11) is 0. The number of benzene rings is 1. The molecule has 0 aliphatic rings. The molecule has 0 saturated heterocycles. The summed E-state index contributed by atoms with van der Waals surface area (Å²) in [5.41, 5.74) is -0.399. The number of alkyl carbamates (subject to hydrolysis) is 1. The van der Waals surface area contributed by atoms with Crippen LogP contribution in [-0.2, 0) is 17.3 Å². The van der Waals surface area contributed by atoms with Crippen molar-refractivity contribution in [1.29, 1.82) is 0 Å². The smallest absolute Gasteiger partial charge is 0.416 e. The summed E-state index contributed by atoms with van der Waals surface area (Å²) in [5.74, 6) is 0. The summed E-state index contributed by atoms with van der Waals surface area (Å²) in [6.45, 7) is 5.73. The molecular formula is C15H20F3NO2. The van der Waals surface area contributed by atoms with E-state index < -0.39 is 23.4 Å². The SMILES string of the molecule is CC(C)(C)OC(=O)NCCCc1ccc(C(F)(F)F)cc1. The van der Waals surface area contributed by atoms with E-state index in [9.17, 15) is 18.0 Å². The number of ether oxygens (including phenoxy) is 1. The summed E-state index contributed by atoms with van der Waals surface area (Å²) >= 11 is 0. The van der Waals surface area contributed by atoms with Crippen LogP contribution in [0.15, 0.2) is 24.3 Å². The molecule has 0 bridgehead atoms. The third kappa shape index (κ3) is 7.02. The van der Waals surface area contributed by atoms with Crippen molar-refractivity contribution in [3.63, 3.8) is 0 Å². The number of carbonyl (C=O) groups is 1. The van der Waals surface area contributed by atoms with Gasteiger partial charge in [0.05, 0.1) is 5.56 Å². The lowest BCUT2D eigenvalue weighted by Gasteiger charge is -2.19. The number of alkyl halides is 3. The molecule has 0 aromatic heterocycles. The van der Waals surface area contributed by atoms with E-state index in [-0.39, 0.29) is 0 Å². The molecule has 0 radical (unpaired) electrons. The van der Waals surface area contributed by atoms with Crippen LogP contribution in [-0.4, -0.2) is 18.2 Å². The zero-order chi connectivity index (χ0) is 16.1. The van der Waals surface area contributed by atoms with Gasteiger partial charge in [-0.3, -0.25) is 0 Å². The Kier molecular flexibility index (Phi) is 5.63. The van der Waals surface area contributed by atoms with Crippen molar-refractivity contribution in [1.82, 2.24) is 5.32 Å². The van der Waals surface area contributed by atoms with E-state index in [0.717, 1.165) is 17.7 Å². The molecule has 1 N–H and O–H groups in total. The van der Waals surface area contributed by atoms with Gasteiger partial charge in [0.1, 0.15) is 5.60 Å². The highest BCUT2D eigenvalue weighted by molar-refractivity contribution is 5.67. The largest absolute Gasteiger partial charge is 0.444 e. The summed E-state index contributed by atoms with van der Waals surface area (Å²) < 4.78 is 42.2. The fourth-order valence-corrected chi connectivity index (χ4v) is 1.66. The molecular weight excluding hydrogens is 283 g/mol. The first-order chi connectivity index (χ1) is 9.58. The third-order valence-electron chi connectivity index (χ3n) is 2.59. The van der Waals surface area contributed by atoms with Gasteiger partial charge in [0, 0.05) is 6.54 Å². The number of nitrogens with one attached hydrogen (secondary N) is 1. The van der Waals surface area contributed by atoms with Gasteiger partial charge in [-0.05, 0) is 51.3 Å². The highest BCUT2D eigenvalue weighted by Crippen LogP contribution is 2.29. The first kappa shape index (κ1) is 17.3. The molecule has 118 valence electrons. The summed E-state index contributed by atoms with van der Waals surface area (Å²) in [6.07, 6.45) is -3.58. The monoisotopic (exact) mass is 303 g/mol. The zero-order valence-electron chi connectivity index (χ0n) is 12.4. The summed E-state index contributed by atoms with van der Waals surface area (Å²) in [4.78, 5) is 11.4. The normalized spacial score (nSPS) is 12.1. The quantitative estimate of drug-likeness (QED) is 0.848. The number of carbonyl (C=O) groups excluding carboxylic acids is 1. The molecule has 0 atom stereocenters. The second-order valence-electron chi connectivity index (χ2n) is 5.73. The number of aryl methyl sites for hydroxylation is 1. The van der Waals surface area contributed by atoms with Crippen molar-refractivity contribution in [2.24, 2.45) is 0 Å². The van der Waals surface area contributed by atoms with E-state index in [0.29, 0.717) is 19.4 Å². The van der Waals surface area contributed by atoms with Gasteiger partial charge in [0.2, 0.25) is 0 Å². The van der Waals surface area contributed by atoms with Crippen molar-refractivity contribution >= 4 is 6.09 Å². The van der Waals surface area contributed by atoms with Crippen molar-refractivity contribution < 1.29 is 22.7 Å². The van der Waals surface area contributed by atoms with Gasteiger partial charge in [0.15, 0.2) is 0 Å². The van der Waals surface area contributed by atoms with Crippen molar-refractivity contribution in [2.75, 3.05) is 6.54 Å². The van der Waals surface area contributed by atoms with Crippen LogP contribution in [0, 0.1) is 0 Å². The van der Waals surface area contributed by atoms with Crippen LogP contribution >= 0.6 is 0 Å². The minimum absolute atomic E-state index is 0.413. The third-order valence-corrected chi connectivity index (χ3v) is 2.59. The van der Waals surface area contributed by atoms with Crippen LogP contribution in [0.25, 0.3) is 0 Å². The molecule has 0 unspecified atom stereocenters. The van der Waals surface area contributed by atoms with E-state index in [1.54, 1.807) is 20.8 Å². The van der Waals surface area contributed by atoms with Crippen LogP contribution in [0.2, 0.25) is 0 Å². The minimum atomic E-state index is -4.31. The second-order valence-corrected chi connectivity index (χ2v) is 5.73. The molecule has 3 nitrogen and oxygen atoms in total. The van der Waals surface area contributed by atoms with E-state index in [2.05, 4.69) is 5.32 Å². The van der Waals surface area contributed by atoms with Crippen LogP contribution in [0.5, 0.6) is 0 Å². The van der Waals surface area contributed by atoms with Gasteiger partial charge in [-0.2, -0.15) is 13.2 Å². The Morgan fingerprint density at radius 1 is 1.14 bits per heavy atom. The maximum absolute atomic E-state index is 12.4. The Bertz CT molecular complexity index is 461. The molecule has 0 aliphatic heterocycles. The molecule has 1 amide bonds. The molecule has 0 saturated carbocycles. The van der Waals surface area contributed by atoms with Gasteiger partial charge >= 0.3 is 12.3 Å². The van der Waals surface area contributed by atoms with Gasteiger partial charge in [-0.1, -0.05) is 12.1 Å². The van der Waals surface area contributed by atoms with E-state index in [1.807, 2.05) is 0 Å². The molecule has 6 heteroatoms. The lowest BCUT2D eigenvalue weighted by molar-refractivity contribution is -0.137. The predicted molar refractivity (Wildman–Crippen MR) is 74.0 cm³/mol. The zero-order valence-corrected chi connectivity index (χ0v) is 12.4. The Morgan fingerprint density at radius 2 is 1.71 bits per heavy atom. The molecule has 0 heterocycles. The van der Waals surface area contributed by atoms with E-state index >= 15 is 0 Å². The van der Waals surface area contributed by atoms with Crippen LogP contribution in [0.1, 0.15) is 38.3 Å². The summed E-state index contributed by atoms with van der Waals surface area (Å²) in [6, 6.07) is 5.04. The Labute approximate surface area is 122 Å². The Balaban J connectivity index is 2.32. The average molecular weight is 303 g/mol. The lowest BCUT2D eigenvalue weighted by atomic mass is 10.1. The number of hydrogen-bond acceptors (Lipinski definition) is 2. The van der Waals surface area contributed by atoms with Gasteiger partial charge < -0.3 is 10.1 Å². The number of amides is 1. The Hall–Kier alpha value is -1.72.